The maximum Gasteiger partial charge on any atom is 0.229 e. The number of nitrogens with two attached hydrogens (primary N) is 1. The predicted octanol–water partition coefficient (Wildman–Crippen LogP) is 2.05. The molecule has 17 heavy (non-hydrogen) atoms. The molecule has 4 heteroatoms. The van der Waals surface area contributed by atoms with Gasteiger partial charge in [0.05, 0.1) is 13.0 Å². The van der Waals surface area contributed by atoms with Gasteiger partial charge in [-0.1, -0.05) is 0 Å². The third kappa shape index (κ3) is 4.07. The normalized spacial score (nSPS) is 10.2. The van der Waals surface area contributed by atoms with Gasteiger partial charge in [-0.15, -0.1) is 0 Å². The zero-order chi connectivity index (χ0) is 12.7. The number of rotatable bonds is 6. The van der Waals surface area contributed by atoms with Crippen molar-refractivity contribution in [3.05, 3.63) is 24.3 Å². The summed E-state index contributed by atoms with van der Waals surface area (Å²) in [7, 11) is 0. The molecule has 4 nitrogen and oxygen atoms in total. The zero-order valence-electron chi connectivity index (χ0n) is 10.5. The standard InChI is InChI=1S/C13H20N2O2/c1-3-15(13(16)9-10-17-4-2)12-7-5-11(14)6-8-12/h5-8H,3-4,9-10,14H2,1-2H3. The topological polar surface area (TPSA) is 55.6 Å². The Balaban J connectivity index is 2.64. The maximum absolute atomic E-state index is 11.9. The Morgan fingerprint density at radius 3 is 2.47 bits per heavy atom. The first kappa shape index (κ1) is 13.5. The van der Waals surface area contributed by atoms with Gasteiger partial charge in [0, 0.05) is 24.5 Å². The molecule has 1 aromatic carbocycles. The quantitative estimate of drug-likeness (QED) is 0.607. The molecular formula is C13H20N2O2. The molecule has 0 aliphatic rings. The molecule has 0 radical (unpaired) electrons. The summed E-state index contributed by atoms with van der Waals surface area (Å²) in [6.07, 6.45) is 0.409. The summed E-state index contributed by atoms with van der Waals surface area (Å²) < 4.78 is 5.19. The Kier molecular flexibility index (Phi) is 5.49. The molecule has 0 aliphatic carbocycles. The van der Waals surface area contributed by atoms with Gasteiger partial charge in [0.15, 0.2) is 0 Å². The second-order valence-corrected chi connectivity index (χ2v) is 3.68. The second kappa shape index (κ2) is 6.91. The number of benzene rings is 1. The number of hydrogen-bond acceptors (Lipinski definition) is 3. The van der Waals surface area contributed by atoms with E-state index in [4.69, 9.17) is 10.5 Å². The number of nitrogen functional groups attached to an aromatic ring is 1. The van der Waals surface area contributed by atoms with Crippen molar-refractivity contribution in [3.63, 3.8) is 0 Å². The molecule has 0 atom stereocenters. The van der Waals surface area contributed by atoms with E-state index in [1.807, 2.05) is 26.0 Å². The van der Waals surface area contributed by atoms with Crippen LogP contribution in [0.25, 0.3) is 0 Å². The van der Waals surface area contributed by atoms with Crippen molar-refractivity contribution in [2.45, 2.75) is 20.3 Å². The summed E-state index contributed by atoms with van der Waals surface area (Å²) in [5.41, 5.74) is 7.20. The van der Waals surface area contributed by atoms with E-state index in [-0.39, 0.29) is 5.91 Å². The van der Waals surface area contributed by atoms with E-state index in [0.29, 0.717) is 31.9 Å². The van der Waals surface area contributed by atoms with Gasteiger partial charge < -0.3 is 15.4 Å². The number of carbonyl (C=O) groups is 1. The molecule has 0 saturated heterocycles. The van der Waals surface area contributed by atoms with Gasteiger partial charge in [-0.2, -0.15) is 0 Å². The van der Waals surface area contributed by atoms with Crippen LogP contribution in [0.15, 0.2) is 24.3 Å². The first-order valence-corrected chi connectivity index (χ1v) is 5.92. The maximum atomic E-state index is 11.9. The summed E-state index contributed by atoms with van der Waals surface area (Å²) in [6, 6.07) is 7.32. The van der Waals surface area contributed by atoms with E-state index in [9.17, 15) is 4.79 Å². The Morgan fingerprint density at radius 1 is 1.29 bits per heavy atom. The summed E-state index contributed by atoms with van der Waals surface area (Å²) in [5.74, 6) is 0.0747. The second-order valence-electron chi connectivity index (χ2n) is 3.68. The van der Waals surface area contributed by atoms with Gasteiger partial charge in [-0.25, -0.2) is 0 Å². The Hall–Kier alpha value is -1.55. The van der Waals surface area contributed by atoms with Crippen LogP contribution in [0.4, 0.5) is 11.4 Å². The van der Waals surface area contributed by atoms with Crippen molar-refractivity contribution in [1.82, 2.24) is 0 Å². The minimum atomic E-state index is 0.0747. The molecule has 0 heterocycles. The van der Waals surface area contributed by atoms with Crippen LogP contribution in [0.2, 0.25) is 0 Å². The number of anilines is 2. The summed E-state index contributed by atoms with van der Waals surface area (Å²) in [5, 5.41) is 0. The molecule has 0 spiro atoms. The van der Waals surface area contributed by atoms with E-state index in [1.54, 1.807) is 17.0 Å². The third-order valence-corrected chi connectivity index (χ3v) is 2.49. The fraction of sp³-hybridized carbons (Fsp3) is 0.462. The lowest BCUT2D eigenvalue weighted by Crippen LogP contribution is -2.31. The number of ether oxygens (including phenoxy) is 1. The molecule has 0 unspecified atom stereocenters. The van der Waals surface area contributed by atoms with Crippen molar-refractivity contribution in [1.29, 1.82) is 0 Å². The number of hydrogen-bond donors (Lipinski definition) is 1. The molecule has 94 valence electrons. The van der Waals surface area contributed by atoms with Crippen molar-refractivity contribution < 1.29 is 9.53 Å². The first-order valence-electron chi connectivity index (χ1n) is 5.92. The first-order chi connectivity index (χ1) is 8.19. The lowest BCUT2D eigenvalue weighted by atomic mass is 10.2. The van der Waals surface area contributed by atoms with Gasteiger partial charge in [-0.3, -0.25) is 4.79 Å². The summed E-state index contributed by atoms with van der Waals surface area (Å²) in [6.45, 7) is 5.63. The van der Waals surface area contributed by atoms with Crippen LogP contribution >= 0.6 is 0 Å². The van der Waals surface area contributed by atoms with Crippen LogP contribution in [-0.4, -0.2) is 25.7 Å². The van der Waals surface area contributed by atoms with Crippen LogP contribution in [0.5, 0.6) is 0 Å². The highest BCUT2D eigenvalue weighted by atomic mass is 16.5. The van der Waals surface area contributed by atoms with Gasteiger partial charge in [0.2, 0.25) is 5.91 Å². The van der Waals surface area contributed by atoms with Crippen molar-refractivity contribution in [3.8, 4) is 0 Å². The van der Waals surface area contributed by atoms with E-state index in [0.717, 1.165) is 5.69 Å². The SMILES string of the molecule is CCOCCC(=O)N(CC)c1ccc(N)cc1. The van der Waals surface area contributed by atoms with Gasteiger partial charge >= 0.3 is 0 Å². The smallest absolute Gasteiger partial charge is 0.229 e. The minimum Gasteiger partial charge on any atom is -0.399 e. The van der Waals surface area contributed by atoms with Gasteiger partial charge in [0.25, 0.3) is 0 Å². The van der Waals surface area contributed by atoms with Crippen LogP contribution in [0.3, 0.4) is 0 Å². The lowest BCUT2D eigenvalue weighted by molar-refractivity contribution is -0.119. The van der Waals surface area contributed by atoms with E-state index < -0.39 is 0 Å². The monoisotopic (exact) mass is 236 g/mol. The number of carbonyl (C=O) groups excluding carboxylic acids is 1. The zero-order valence-corrected chi connectivity index (χ0v) is 10.5. The molecule has 0 aliphatic heterocycles. The average Bonchev–Trinajstić information content (AvgIpc) is 2.33. The highest BCUT2D eigenvalue weighted by molar-refractivity contribution is 5.93. The molecule has 0 fully saturated rings. The Bertz CT molecular complexity index is 349. The fourth-order valence-corrected chi connectivity index (χ4v) is 1.60. The van der Waals surface area contributed by atoms with Gasteiger partial charge in [0.1, 0.15) is 0 Å². The van der Waals surface area contributed by atoms with E-state index in [2.05, 4.69) is 0 Å². The highest BCUT2D eigenvalue weighted by Crippen LogP contribution is 2.16. The van der Waals surface area contributed by atoms with Gasteiger partial charge in [-0.05, 0) is 38.1 Å². The van der Waals surface area contributed by atoms with Crippen LogP contribution in [0, 0.1) is 0 Å². The molecule has 0 aromatic heterocycles. The van der Waals surface area contributed by atoms with E-state index >= 15 is 0 Å². The molecule has 0 bridgehead atoms. The number of nitrogens with zero attached hydrogens (tertiary/aromatic N) is 1. The lowest BCUT2D eigenvalue weighted by Gasteiger charge is -2.21. The fourth-order valence-electron chi connectivity index (χ4n) is 1.60. The van der Waals surface area contributed by atoms with Crippen LogP contribution in [0.1, 0.15) is 20.3 Å². The van der Waals surface area contributed by atoms with Crippen molar-refractivity contribution >= 4 is 17.3 Å². The third-order valence-electron chi connectivity index (χ3n) is 2.49. The van der Waals surface area contributed by atoms with Crippen LogP contribution in [-0.2, 0) is 9.53 Å². The molecule has 1 aromatic rings. The predicted molar refractivity (Wildman–Crippen MR) is 70.0 cm³/mol. The largest absolute Gasteiger partial charge is 0.399 e. The molecule has 2 N–H and O–H groups in total. The highest BCUT2D eigenvalue weighted by Gasteiger charge is 2.13. The molecule has 0 saturated carbocycles. The molecule has 1 rings (SSSR count). The minimum absolute atomic E-state index is 0.0747. The molecule has 1 amide bonds. The summed E-state index contributed by atoms with van der Waals surface area (Å²) >= 11 is 0. The van der Waals surface area contributed by atoms with E-state index in [1.165, 1.54) is 0 Å². The Labute approximate surface area is 102 Å². The number of amides is 1. The molecular weight excluding hydrogens is 216 g/mol. The Morgan fingerprint density at radius 2 is 1.94 bits per heavy atom. The van der Waals surface area contributed by atoms with Crippen LogP contribution < -0.4 is 10.6 Å². The average molecular weight is 236 g/mol. The van der Waals surface area contributed by atoms with Crippen molar-refractivity contribution in [2.75, 3.05) is 30.4 Å². The van der Waals surface area contributed by atoms with Crippen molar-refractivity contribution in [2.24, 2.45) is 0 Å². The summed E-state index contributed by atoms with van der Waals surface area (Å²) in [4.78, 5) is 13.7.